The number of carbonyl (C=O) groups excluding carboxylic acids is 3. The van der Waals surface area contributed by atoms with E-state index in [0.717, 1.165) is 17.5 Å². The van der Waals surface area contributed by atoms with E-state index in [4.69, 9.17) is 18.6 Å². The highest BCUT2D eigenvalue weighted by Crippen LogP contribution is 2.48. The topological polar surface area (TPSA) is 165 Å². The van der Waals surface area contributed by atoms with Gasteiger partial charge in [0.05, 0.1) is 12.0 Å². The molecule has 1 fully saturated rings. The molecule has 4 atom stereocenters. The Morgan fingerprint density at radius 3 is 2.28 bits per heavy atom. The Balaban J connectivity index is 1.36. The number of hydrogen-bond donors (Lipinski definition) is 3. The van der Waals surface area contributed by atoms with Crippen molar-refractivity contribution in [3.63, 3.8) is 0 Å². The largest absolute Gasteiger partial charge is 0.503 e. The lowest BCUT2D eigenvalue weighted by molar-refractivity contribution is -0.152. The van der Waals surface area contributed by atoms with E-state index < -0.39 is 59.1 Å². The summed E-state index contributed by atoms with van der Waals surface area (Å²) in [6, 6.07) is 27.0. The first-order chi connectivity index (χ1) is 25.8. The first-order valence-electron chi connectivity index (χ1n) is 17.8. The first-order valence-corrected chi connectivity index (χ1v) is 17.8. The summed E-state index contributed by atoms with van der Waals surface area (Å²) in [6.45, 7) is 6.90. The minimum absolute atomic E-state index is 0.0188. The van der Waals surface area contributed by atoms with Crippen LogP contribution < -0.4 is 14.8 Å². The summed E-state index contributed by atoms with van der Waals surface area (Å²) >= 11 is 0. The van der Waals surface area contributed by atoms with Gasteiger partial charge in [-0.3, -0.25) is 14.4 Å². The lowest BCUT2D eigenvalue weighted by atomic mass is 9.86. The summed E-state index contributed by atoms with van der Waals surface area (Å²) in [5.74, 6) is -3.52. The molecule has 3 N–H and O–H groups in total. The quantitative estimate of drug-likeness (QED) is 0.0683. The van der Waals surface area contributed by atoms with Crippen LogP contribution in [0.2, 0.25) is 0 Å². The number of furan rings is 1. The molecule has 1 aliphatic carbocycles. The van der Waals surface area contributed by atoms with Gasteiger partial charge >= 0.3 is 11.9 Å². The van der Waals surface area contributed by atoms with Gasteiger partial charge in [0.2, 0.25) is 6.79 Å². The van der Waals surface area contributed by atoms with Crippen LogP contribution in [-0.4, -0.2) is 63.8 Å². The Kier molecular flexibility index (Phi) is 11.1. The van der Waals surface area contributed by atoms with Gasteiger partial charge in [0.25, 0.3) is 11.8 Å². The van der Waals surface area contributed by atoms with Crippen LogP contribution in [-0.2, 0) is 25.5 Å². The van der Waals surface area contributed by atoms with E-state index in [9.17, 15) is 29.4 Å². The second-order valence-electron chi connectivity index (χ2n) is 14.6. The fourth-order valence-corrected chi connectivity index (χ4v) is 6.72. The number of aliphatic hydroxyl groups is 1. The van der Waals surface area contributed by atoms with Crippen molar-refractivity contribution in [2.75, 3.05) is 18.7 Å². The van der Waals surface area contributed by atoms with Crippen LogP contribution in [0.1, 0.15) is 79.8 Å². The summed E-state index contributed by atoms with van der Waals surface area (Å²) in [5.41, 5.74) is 0.824. The Morgan fingerprint density at radius 2 is 1.59 bits per heavy atom. The van der Waals surface area contributed by atoms with Crippen molar-refractivity contribution in [1.82, 2.24) is 4.90 Å². The zero-order valence-electron chi connectivity index (χ0n) is 30.6. The second kappa shape index (κ2) is 15.9. The number of nitrogens with zero attached hydrogens (tertiary/aromatic N) is 1. The molecule has 1 aromatic heterocycles. The predicted octanol–water partition coefficient (Wildman–Crippen LogP) is 7.24. The molecule has 2 unspecified atom stereocenters. The molecule has 12 heteroatoms. The summed E-state index contributed by atoms with van der Waals surface area (Å²) in [6.07, 6.45) is 0.0803. The average Bonchev–Trinajstić information content (AvgIpc) is 3.48. The number of carbonyl (C=O) groups is 4. The molecule has 0 saturated heterocycles. The van der Waals surface area contributed by atoms with Gasteiger partial charge in [-0.05, 0) is 93.5 Å². The second-order valence-corrected chi connectivity index (χ2v) is 14.6. The number of fused-ring (bicyclic) bond motifs is 1. The molecular weight excluding hydrogens is 692 g/mol. The molecule has 12 nitrogen and oxygen atoms in total. The SMILES string of the molecule is CC(C(Cc1ccc(C(=O)Nc2ccccc2)o1)c1ccc2c(c1)OCO2)N(C[C@@H]1C[C@H]1c1ccccc1)C(=O)C(O)=C(CC(=O)O)C(=O)OC(C)(C)C. The summed E-state index contributed by atoms with van der Waals surface area (Å²) in [7, 11) is 0. The highest BCUT2D eigenvalue weighted by molar-refractivity contribution is 6.04. The minimum Gasteiger partial charge on any atom is -0.503 e. The highest BCUT2D eigenvalue weighted by atomic mass is 16.7. The summed E-state index contributed by atoms with van der Waals surface area (Å²) in [5, 5.41) is 24.0. The fourth-order valence-electron chi connectivity index (χ4n) is 6.72. The fraction of sp³-hybridized carbons (Fsp3) is 0.333. The average molecular weight is 737 g/mol. The molecule has 2 heterocycles. The molecule has 4 aromatic rings. The van der Waals surface area contributed by atoms with Crippen LogP contribution in [0.15, 0.2) is 107 Å². The van der Waals surface area contributed by atoms with Crippen molar-refractivity contribution in [3.8, 4) is 11.5 Å². The standard InChI is InChI=1S/C42H44N2O10/c1-25(31(27-15-17-34-36(20-27)52-24-51-34)21-30-16-18-35(53-30)39(48)43-29-13-9-6-10-14-29)44(23-28-19-32(28)26-11-7-5-8-12-26)40(49)38(47)33(22-37(45)46)41(50)54-42(2,3)4/h5-18,20,25,28,31-32,47H,19,21-24H2,1-4H3,(H,43,48)(H,45,46)/t25?,28-,31?,32-/m0/s1. The Bertz CT molecular complexity index is 2030. The van der Waals surface area contributed by atoms with Crippen LogP contribution in [0.4, 0.5) is 5.69 Å². The van der Waals surface area contributed by atoms with Gasteiger partial charge in [-0.25, -0.2) is 4.79 Å². The normalized spacial score (nSPS) is 17.5. The zero-order valence-corrected chi connectivity index (χ0v) is 30.6. The zero-order chi connectivity index (χ0) is 38.6. The monoisotopic (exact) mass is 736 g/mol. The van der Waals surface area contributed by atoms with Gasteiger partial charge in [0.15, 0.2) is 23.0 Å². The lowest BCUT2D eigenvalue weighted by Gasteiger charge is -2.35. The van der Waals surface area contributed by atoms with Crippen molar-refractivity contribution in [2.45, 2.75) is 70.4 Å². The maximum atomic E-state index is 14.5. The van der Waals surface area contributed by atoms with E-state index in [-0.39, 0.29) is 37.4 Å². The number of benzene rings is 3. The van der Waals surface area contributed by atoms with Gasteiger partial charge in [-0.15, -0.1) is 0 Å². The maximum Gasteiger partial charge on any atom is 0.339 e. The number of rotatable bonds is 14. The van der Waals surface area contributed by atoms with Crippen molar-refractivity contribution in [1.29, 1.82) is 0 Å². The van der Waals surface area contributed by atoms with Gasteiger partial charge in [0, 0.05) is 30.6 Å². The molecule has 0 spiro atoms. The van der Waals surface area contributed by atoms with E-state index in [1.54, 1.807) is 51.1 Å². The summed E-state index contributed by atoms with van der Waals surface area (Å²) < 4.78 is 22.7. The molecular formula is C42H44N2O10. The number of hydrogen-bond acceptors (Lipinski definition) is 9. The number of nitrogens with one attached hydrogen (secondary N) is 1. The predicted molar refractivity (Wildman–Crippen MR) is 198 cm³/mol. The molecule has 1 saturated carbocycles. The van der Waals surface area contributed by atoms with Crippen LogP contribution in [0.3, 0.4) is 0 Å². The Morgan fingerprint density at radius 1 is 0.907 bits per heavy atom. The van der Waals surface area contributed by atoms with Gasteiger partial charge in [-0.2, -0.15) is 0 Å². The third-order valence-corrected chi connectivity index (χ3v) is 9.54. The molecule has 2 aliphatic rings. The van der Waals surface area contributed by atoms with Crippen molar-refractivity contribution >= 4 is 29.4 Å². The number of aliphatic carboxylic acids is 1. The Hall–Kier alpha value is -6.04. The van der Waals surface area contributed by atoms with E-state index in [2.05, 4.69) is 5.32 Å². The van der Waals surface area contributed by atoms with Crippen LogP contribution in [0, 0.1) is 5.92 Å². The van der Waals surface area contributed by atoms with Crippen molar-refractivity contribution in [2.24, 2.45) is 5.92 Å². The number of para-hydroxylation sites is 1. The molecule has 2 amide bonds. The van der Waals surface area contributed by atoms with Crippen LogP contribution in [0.25, 0.3) is 0 Å². The van der Waals surface area contributed by atoms with Gasteiger partial charge in [0.1, 0.15) is 11.4 Å². The third kappa shape index (κ3) is 9.11. The minimum atomic E-state index is -1.41. The van der Waals surface area contributed by atoms with Gasteiger partial charge < -0.3 is 39.1 Å². The number of esters is 1. The molecule has 3 aromatic carbocycles. The van der Waals surface area contributed by atoms with E-state index in [0.29, 0.717) is 22.9 Å². The number of carboxylic acids is 1. The molecule has 0 bridgehead atoms. The van der Waals surface area contributed by atoms with Crippen molar-refractivity contribution < 1.29 is 48.0 Å². The van der Waals surface area contributed by atoms with Gasteiger partial charge in [-0.1, -0.05) is 54.6 Å². The van der Waals surface area contributed by atoms with E-state index in [1.807, 2.05) is 67.6 Å². The molecule has 1 aliphatic heterocycles. The lowest BCUT2D eigenvalue weighted by Crippen LogP contribution is -2.45. The Labute approximate surface area is 313 Å². The molecule has 0 radical (unpaired) electrons. The maximum absolute atomic E-state index is 14.5. The van der Waals surface area contributed by atoms with E-state index in [1.165, 1.54) is 4.90 Å². The van der Waals surface area contributed by atoms with Crippen molar-refractivity contribution in [3.05, 3.63) is 125 Å². The van der Waals surface area contributed by atoms with E-state index >= 15 is 0 Å². The molecule has 282 valence electrons. The highest BCUT2D eigenvalue weighted by Gasteiger charge is 2.43. The number of anilines is 1. The molecule has 6 rings (SSSR count). The number of aliphatic hydroxyl groups excluding tert-OH is 1. The van der Waals surface area contributed by atoms with Crippen LogP contribution >= 0.6 is 0 Å². The number of carboxylic acid groups (broad SMARTS) is 1. The number of amides is 2. The smallest absolute Gasteiger partial charge is 0.339 e. The first kappa shape index (κ1) is 37.7. The summed E-state index contributed by atoms with van der Waals surface area (Å²) in [4.78, 5) is 54.2. The van der Waals surface area contributed by atoms with Crippen LogP contribution in [0.5, 0.6) is 11.5 Å². The number of ether oxygens (including phenoxy) is 3. The molecule has 54 heavy (non-hydrogen) atoms. The third-order valence-electron chi connectivity index (χ3n) is 9.54.